The summed E-state index contributed by atoms with van der Waals surface area (Å²) in [6.45, 7) is 1.34. The average Bonchev–Trinajstić information content (AvgIpc) is 2.61. The maximum absolute atomic E-state index is 13.7. The Morgan fingerprint density at radius 3 is 2.67 bits per heavy atom. The minimum atomic E-state index is -1.08. The molecule has 130 valence electrons. The summed E-state index contributed by atoms with van der Waals surface area (Å²) in [5.74, 6) is -1.65. The monoisotopic (exact) mass is 337 g/mol. The Kier molecular flexibility index (Phi) is 4.82. The summed E-state index contributed by atoms with van der Waals surface area (Å²) in [5.41, 5.74) is -0.255. The fourth-order valence-corrected chi connectivity index (χ4v) is 3.42. The zero-order chi connectivity index (χ0) is 17.2. The molecular weight excluding hydrogens is 317 g/mol. The lowest BCUT2D eigenvalue weighted by molar-refractivity contribution is -0.162. The van der Waals surface area contributed by atoms with Crippen LogP contribution in [0, 0.1) is 5.82 Å². The Morgan fingerprint density at radius 1 is 1.25 bits per heavy atom. The van der Waals surface area contributed by atoms with E-state index in [-0.39, 0.29) is 19.1 Å². The third kappa shape index (κ3) is 3.14. The molecule has 7 heteroatoms. The van der Waals surface area contributed by atoms with E-state index >= 15 is 0 Å². The molecule has 0 saturated carbocycles. The van der Waals surface area contributed by atoms with Gasteiger partial charge in [0.1, 0.15) is 5.82 Å². The number of halogens is 1. The zero-order valence-corrected chi connectivity index (χ0v) is 13.2. The van der Waals surface area contributed by atoms with E-state index in [0.717, 1.165) is 0 Å². The third-order valence-corrected chi connectivity index (χ3v) is 4.76. The zero-order valence-electron chi connectivity index (χ0n) is 13.2. The summed E-state index contributed by atoms with van der Waals surface area (Å²) in [6, 6.07) is 6.07. The standard InChI is InChI=1S/C17H20FNO5/c18-13-3-1-2-12(10-13)17(4-7-23-8-5-17)16(22)19-6-9-24-14(11-19)15(20)21/h1-3,10,14H,4-9,11H2,(H,20,21). The van der Waals surface area contributed by atoms with Crippen molar-refractivity contribution in [2.24, 2.45) is 0 Å². The first-order valence-electron chi connectivity index (χ1n) is 8.00. The molecular formula is C17H20FNO5. The number of aliphatic carboxylic acids is 1. The molecule has 1 aromatic rings. The average molecular weight is 337 g/mol. The number of nitrogens with zero attached hydrogens (tertiary/aromatic N) is 1. The summed E-state index contributed by atoms with van der Waals surface area (Å²) >= 11 is 0. The van der Waals surface area contributed by atoms with Crippen LogP contribution in [0.2, 0.25) is 0 Å². The highest BCUT2D eigenvalue weighted by molar-refractivity contribution is 5.89. The van der Waals surface area contributed by atoms with Crippen LogP contribution in [0.1, 0.15) is 18.4 Å². The molecule has 0 bridgehead atoms. The molecule has 1 aromatic carbocycles. The number of benzene rings is 1. The number of ether oxygens (including phenoxy) is 2. The van der Waals surface area contributed by atoms with Gasteiger partial charge in [0.05, 0.1) is 18.6 Å². The second-order valence-electron chi connectivity index (χ2n) is 6.15. The Morgan fingerprint density at radius 2 is 2.00 bits per heavy atom. The lowest BCUT2D eigenvalue weighted by Gasteiger charge is -2.42. The number of hydrogen-bond donors (Lipinski definition) is 1. The number of hydrogen-bond acceptors (Lipinski definition) is 4. The molecule has 24 heavy (non-hydrogen) atoms. The van der Waals surface area contributed by atoms with Crippen LogP contribution in [0.25, 0.3) is 0 Å². The van der Waals surface area contributed by atoms with E-state index in [4.69, 9.17) is 14.6 Å². The molecule has 2 aliphatic heterocycles. The molecule has 2 saturated heterocycles. The highest BCUT2D eigenvalue weighted by Gasteiger charge is 2.45. The van der Waals surface area contributed by atoms with Crippen LogP contribution in [0.3, 0.4) is 0 Å². The van der Waals surface area contributed by atoms with Gasteiger partial charge in [-0.05, 0) is 30.5 Å². The fourth-order valence-electron chi connectivity index (χ4n) is 3.42. The van der Waals surface area contributed by atoms with Crippen LogP contribution in [-0.2, 0) is 24.5 Å². The molecule has 0 aliphatic carbocycles. The van der Waals surface area contributed by atoms with Crippen LogP contribution >= 0.6 is 0 Å². The number of carboxylic acid groups (broad SMARTS) is 1. The van der Waals surface area contributed by atoms with Gasteiger partial charge in [-0.3, -0.25) is 4.79 Å². The number of carbonyl (C=O) groups excluding carboxylic acids is 1. The summed E-state index contributed by atoms with van der Waals surface area (Å²) in [5, 5.41) is 9.13. The van der Waals surface area contributed by atoms with E-state index in [9.17, 15) is 14.0 Å². The first-order chi connectivity index (χ1) is 11.5. The molecule has 2 heterocycles. The van der Waals surface area contributed by atoms with E-state index in [1.807, 2.05) is 0 Å². The van der Waals surface area contributed by atoms with Gasteiger partial charge in [-0.25, -0.2) is 9.18 Å². The Balaban J connectivity index is 1.91. The highest BCUT2D eigenvalue weighted by Crippen LogP contribution is 2.37. The molecule has 3 rings (SSSR count). The smallest absolute Gasteiger partial charge is 0.334 e. The first kappa shape index (κ1) is 16.9. The molecule has 1 amide bonds. The van der Waals surface area contributed by atoms with Crippen molar-refractivity contribution in [2.75, 3.05) is 32.9 Å². The van der Waals surface area contributed by atoms with Gasteiger partial charge in [0.2, 0.25) is 5.91 Å². The van der Waals surface area contributed by atoms with Crippen molar-refractivity contribution in [3.63, 3.8) is 0 Å². The second-order valence-corrected chi connectivity index (χ2v) is 6.15. The van der Waals surface area contributed by atoms with Crippen molar-refractivity contribution in [3.8, 4) is 0 Å². The van der Waals surface area contributed by atoms with Gasteiger partial charge in [-0.2, -0.15) is 0 Å². The molecule has 0 aromatic heterocycles. The van der Waals surface area contributed by atoms with Gasteiger partial charge in [0.15, 0.2) is 6.10 Å². The van der Waals surface area contributed by atoms with Crippen molar-refractivity contribution in [2.45, 2.75) is 24.4 Å². The van der Waals surface area contributed by atoms with Crippen molar-refractivity contribution in [1.29, 1.82) is 0 Å². The van der Waals surface area contributed by atoms with Gasteiger partial charge >= 0.3 is 5.97 Å². The predicted octanol–water partition coefficient (Wildman–Crippen LogP) is 1.19. The largest absolute Gasteiger partial charge is 0.479 e. The lowest BCUT2D eigenvalue weighted by Crippen LogP contribution is -2.56. The number of morpholine rings is 1. The SMILES string of the molecule is O=C(O)C1CN(C(=O)C2(c3cccc(F)c3)CCOCC2)CCO1. The predicted molar refractivity (Wildman–Crippen MR) is 82.1 cm³/mol. The van der Waals surface area contributed by atoms with Crippen molar-refractivity contribution in [3.05, 3.63) is 35.6 Å². The molecule has 1 atom stereocenters. The van der Waals surface area contributed by atoms with Gasteiger partial charge in [0, 0.05) is 19.8 Å². The van der Waals surface area contributed by atoms with Gasteiger partial charge in [-0.1, -0.05) is 12.1 Å². The lowest BCUT2D eigenvalue weighted by atomic mass is 9.73. The highest BCUT2D eigenvalue weighted by atomic mass is 19.1. The Bertz CT molecular complexity index is 629. The number of rotatable bonds is 3. The van der Waals surface area contributed by atoms with Gasteiger partial charge in [0.25, 0.3) is 0 Å². The van der Waals surface area contributed by atoms with Crippen LogP contribution in [0.15, 0.2) is 24.3 Å². The minimum absolute atomic E-state index is 0.00604. The van der Waals surface area contributed by atoms with Crippen LogP contribution in [0.4, 0.5) is 4.39 Å². The number of carbonyl (C=O) groups is 2. The van der Waals surface area contributed by atoms with Crippen molar-refractivity contribution in [1.82, 2.24) is 4.90 Å². The molecule has 0 radical (unpaired) electrons. The van der Waals surface area contributed by atoms with E-state index in [1.54, 1.807) is 12.1 Å². The molecule has 2 aliphatic rings. The fraction of sp³-hybridized carbons (Fsp3) is 0.529. The maximum Gasteiger partial charge on any atom is 0.334 e. The second kappa shape index (κ2) is 6.86. The minimum Gasteiger partial charge on any atom is -0.479 e. The van der Waals surface area contributed by atoms with E-state index in [2.05, 4.69) is 0 Å². The molecule has 1 N–H and O–H groups in total. The summed E-state index contributed by atoms with van der Waals surface area (Å²) in [6.07, 6.45) is -0.124. The summed E-state index contributed by atoms with van der Waals surface area (Å²) in [4.78, 5) is 25.9. The van der Waals surface area contributed by atoms with Crippen LogP contribution in [0.5, 0.6) is 0 Å². The summed E-state index contributed by atoms with van der Waals surface area (Å²) in [7, 11) is 0. The quantitative estimate of drug-likeness (QED) is 0.896. The molecule has 6 nitrogen and oxygen atoms in total. The van der Waals surface area contributed by atoms with Crippen LogP contribution < -0.4 is 0 Å². The van der Waals surface area contributed by atoms with E-state index < -0.39 is 23.3 Å². The van der Waals surface area contributed by atoms with Crippen LogP contribution in [-0.4, -0.2) is 60.9 Å². The van der Waals surface area contributed by atoms with Crippen molar-refractivity contribution < 1.29 is 28.6 Å². The van der Waals surface area contributed by atoms with Gasteiger partial charge < -0.3 is 19.5 Å². The first-order valence-corrected chi connectivity index (χ1v) is 8.00. The number of amides is 1. The van der Waals surface area contributed by atoms with E-state index in [0.29, 0.717) is 38.2 Å². The Hall–Kier alpha value is -1.99. The molecule has 0 spiro atoms. The molecule has 2 fully saturated rings. The van der Waals surface area contributed by atoms with E-state index in [1.165, 1.54) is 17.0 Å². The normalized spacial score (nSPS) is 23.7. The van der Waals surface area contributed by atoms with Crippen molar-refractivity contribution >= 4 is 11.9 Å². The maximum atomic E-state index is 13.7. The van der Waals surface area contributed by atoms with Gasteiger partial charge in [-0.15, -0.1) is 0 Å². The number of carboxylic acids is 1. The Labute approximate surface area is 139 Å². The topological polar surface area (TPSA) is 76.1 Å². The molecule has 1 unspecified atom stereocenters. The summed E-state index contributed by atoms with van der Waals surface area (Å²) < 4.78 is 24.3. The third-order valence-electron chi connectivity index (χ3n) is 4.76.